The maximum Gasteiger partial charge on any atom is 0.275 e. The number of nitrogens with one attached hydrogen (secondary N) is 3. The van der Waals surface area contributed by atoms with Gasteiger partial charge in [0, 0.05) is 25.7 Å². The third-order valence-corrected chi connectivity index (χ3v) is 8.82. The molecule has 0 saturated heterocycles. The van der Waals surface area contributed by atoms with Crippen molar-refractivity contribution in [3.63, 3.8) is 0 Å². The highest BCUT2D eigenvalue weighted by atomic mass is 32.2. The summed E-state index contributed by atoms with van der Waals surface area (Å²) in [6, 6.07) is 2.96. The molecular weight excluding hydrogens is 492 g/mol. The summed E-state index contributed by atoms with van der Waals surface area (Å²) in [5.41, 5.74) is -3.34. The van der Waals surface area contributed by atoms with Gasteiger partial charge in [-0.1, -0.05) is 24.8 Å². The van der Waals surface area contributed by atoms with E-state index in [1.807, 2.05) is 6.92 Å². The zero-order valence-electron chi connectivity index (χ0n) is 19.4. The SMILES string of the molecule is CC1C2CCC3(NC(=O)c4c(O)c(=O)c(C(=N)SC(=N)Cc5ccc(F)cc5F)cn4N3C)C12C=O. The topological polar surface area (TPSA) is 139 Å². The van der Waals surface area contributed by atoms with E-state index in [1.165, 1.54) is 16.9 Å². The largest absolute Gasteiger partial charge is 0.502 e. The summed E-state index contributed by atoms with van der Waals surface area (Å²) in [5, 5.41) is 31.1. The van der Waals surface area contributed by atoms with Gasteiger partial charge in [-0.05, 0) is 36.3 Å². The number of carbonyl (C=O) groups is 2. The van der Waals surface area contributed by atoms with Gasteiger partial charge in [-0.15, -0.1) is 0 Å². The summed E-state index contributed by atoms with van der Waals surface area (Å²) in [5.74, 6) is -2.99. The second kappa shape index (κ2) is 7.99. The Morgan fingerprint density at radius 1 is 1.33 bits per heavy atom. The lowest BCUT2D eigenvalue weighted by molar-refractivity contribution is -0.115. The molecule has 4 N–H and O–H groups in total. The Morgan fingerprint density at radius 3 is 2.69 bits per heavy atom. The Balaban J connectivity index is 1.48. The van der Waals surface area contributed by atoms with Crippen molar-refractivity contribution in [1.82, 2.24) is 9.99 Å². The maximum absolute atomic E-state index is 14.0. The first-order chi connectivity index (χ1) is 17.0. The van der Waals surface area contributed by atoms with Crippen molar-refractivity contribution >= 4 is 34.0 Å². The number of nitrogens with zero attached hydrogens (tertiary/aromatic N) is 2. The number of aromatic nitrogens is 1. The molecule has 0 radical (unpaired) electrons. The molecule has 12 heteroatoms. The maximum atomic E-state index is 14.0. The van der Waals surface area contributed by atoms with E-state index >= 15 is 0 Å². The fourth-order valence-corrected chi connectivity index (χ4v) is 6.83. The first-order valence-corrected chi connectivity index (χ1v) is 12.1. The van der Waals surface area contributed by atoms with Crippen LogP contribution in [-0.2, 0) is 11.2 Å². The van der Waals surface area contributed by atoms with Crippen LogP contribution < -0.4 is 15.8 Å². The van der Waals surface area contributed by atoms with E-state index in [1.54, 1.807) is 12.1 Å². The minimum absolute atomic E-state index is 0.0432. The van der Waals surface area contributed by atoms with E-state index in [-0.39, 0.29) is 45.2 Å². The summed E-state index contributed by atoms with van der Waals surface area (Å²) in [6.07, 6.45) is 3.11. The van der Waals surface area contributed by atoms with Crippen molar-refractivity contribution in [3.8, 4) is 5.75 Å². The fraction of sp³-hybridized carbons (Fsp3) is 0.375. The number of aldehydes is 1. The molecule has 9 nitrogen and oxygen atoms in total. The number of hydrogen-bond donors (Lipinski definition) is 4. The molecule has 5 rings (SSSR count). The molecule has 2 heterocycles. The lowest BCUT2D eigenvalue weighted by Crippen LogP contribution is -2.71. The van der Waals surface area contributed by atoms with Gasteiger partial charge in [0.2, 0.25) is 5.43 Å². The first kappa shape index (κ1) is 24.2. The van der Waals surface area contributed by atoms with Crippen molar-refractivity contribution in [2.75, 3.05) is 12.1 Å². The van der Waals surface area contributed by atoms with Gasteiger partial charge in [0.15, 0.2) is 11.4 Å². The summed E-state index contributed by atoms with van der Waals surface area (Å²) >= 11 is 0.579. The molecule has 0 bridgehead atoms. The van der Waals surface area contributed by atoms with Gasteiger partial charge in [0.25, 0.3) is 5.91 Å². The van der Waals surface area contributed by atoms with E-state index < -0.39 is 39.8 Å². The number of hydrogen-bond acceptors (Lipinski definition) is 8. The van der Waals surface area contributed by atoms with Crippen LogP contribution in [0.25, 0.3) is 0 Å². The average molecular weight is 516 g/mol. The molecule has 4 atom stereocenters. The molecule has 1 aliphatic heterocycles. The van der Waals surface area contributed by atoms with Gasteiger partial charge in [0.05, 0.1) is 16.0 Å². The Hall–Kier alpha value is -3.54. The third-order valence-electron chi connectivity index (χ3n) is 8.00. The normalized spacial score (nSPS) is 27.9. The van der Waals surface area contributed by atoms with Gasteiger partial charge in [0.1, 0.15) is 28.6 Å². The molecule has 1 aromatic carbocycles. The molecule has 2 aromatic rings. The quantitative estimate of drug-likeness (QED) is 0.280. The predicted molar refractivity (Wildman–Crippen MR) is 129 cm³/mol. The minimum atomic E-state index is -1.05. The van der Waals surface area contributed by atoms with E-state index in [0.29, 0.717) is 24.2 Å². The average Bonchev–Trinajstić information content (AvgIpc) is 3.26. The molecular formula is C24H23F2N5O4S. The second-order valence-corrected chi connectivity index (χ2v) is 10.6. The number of thioether (sulfide) groups is 1. The molecule has 36 heavy (non-hydrogen) atoms. The molecule has 4 unspecified atom stereocenters. The van der Waals surface area contributed by atoms with Crippen molar-refractivity contribution in [2.24, 2.45) is 17.3 Å². The third kappa shape index (κ3) is 3.09. The highest BCUT2D eigenvalue weighted by Gasteiger charge is 2.79. The molecule has 1 aromatic heterocycles. The van der Waals surface area contributed by atoms with Crippen LogP contribution in [0.15, 0.2) is 29.2 Å². The Bertz CT molecular complexity index is 1430. The number of benzene rings is 1. The number of rotatable bonds is 4. The van der Waals surface area contributed by atoms with Crippen molar-refractivity contribution in [2.45, 2.75) is 31.8 Å². The standard InChI is InChI=1S/C24H23F2N5O4S/c1-11-15-5-6-24(23(11,15)10-32)29-22(35)18-20(34)19(33)14(9-31(18)30(24)2)21(28)36-17(27)7-12-3-4-13(25)8-16(12)26/h3-4,8-11,15,27-28,34H,5-7H2,1-2H3,(H,29,35). The minimum Gasteiger partial charge on any atom is -0.502 e. The number of carbonyl (C=O) groups excluding carboxylic acids is 2. The number of fused-ring (bicyclic) bond motifs is 3. The lowest BCUT2D eigenvalue weighted by atomic mass is 9.86. The van der Waals surface area contributed by atoms with Gasteiger partial charge in [-0.3, -0.25) is 30.1 Å². The van der Waals surface area contributed by atoms with E-state index in [2.05, 4.69) is 5.32 Å². The predicted octanol–water partition coefficient (Wildman–Crippen LogP) is 2.36. The monoisotopic (exact) mass is 515 g/mol. The van der Waals surface area contributed by atoms with Crippen molar-refractivity contribution < 1.29 is 23.5 Å². The zero-order valence-corrected chi connectivity index (χ0v) is 20.2. The molecule has 3 aliphatic rings. The van der Waals surface area contributed by atoms with Crippen molar-refractivity contribution in [1.29, 1.82) is 10.8 Å². The Morgan fingerprint density at radius 2 is 2.06 bits per heavy atom. The lowest BCUT2D eigenvalue weighted by Gasteiger charge is -2.50. The summed E-state index contributed by atoms with van der Waals surface area (Å²) in [7, 11) is 1.64. The first-order valence-electron chi connectivity index (χ1n) is 11.3. The molecule has 2 fully saturated rings. The molecule has 2 aliphatic carbocycles. The van der Waals surface area contributed by atoms with Gasteiger partial charge >= 0.3 is 0 Å². The Labute approximate surface area is 208 Å². The van der Waals surface area contributed by atoms with E-state index in [4.69, 9.17) is 10.8 Å². The molecule has 188 valence electrons. The van der Waals surface area contributed by atoms with Crippen LogP contribution in [-0.4, -0.2) is 44.8 Å². The van der Waals surface area contributed by atoms with Gasteiger partial charge < -0.3 is 15.2 Å². The van der Waals surface area contributed by atoms with Crippen LogP contribution in [0.2, 0.25) is 0 Å². The highest BCUT2D eigenvalue weighted by Crippen LogP contribution is 2.71. The van der Waals surface area contributed by atoms with Gasteiger partial charge in [-0.25, -0.2) is 8.78 Å². The van der Waals surface area contributed by atoms with Crippen molar-refractivity contribution in [3.05, 3.63) is 63.1 Å². The number of pyridine rings is 1. The van der Waals surface area contributed by atoms with Crippen LogP contribution in [0.5, 0.6) is 5.75 Å². The van der Waals surface area contributed by atoms with E-state index in [9.17, 15) is 28.3 Å². The smallest absolute Gasteiger partial charge is 0.275 e. The highest BCUT2D eigenvalue weighted by molar-refractivity contribution is 8.26. The Kier molecular flexibility index (Phi) is 5.36. The summed E-state index contributed by atoms with van der Waals surface area (Å²) in [4.78, 5) is 38.2. The van der Waals surface area contributed by atoms with Gasteiger partial charge in [-0.2, -0.15) is 0 Å². The van der Waals surface area contributed by atoms with Crippen LogP contribution in [0, 0.1) is 39.7 Å². The van der Waals surface area contributed by atoms with Crippen LogP contribution in [0.3, 0.4) is 0 Å². The zero-order chi connectivity index (χ0) is 26.2. The summed E-state index contributed by atoms with van der Waals surface area (Å²) < 4.78 is 28.4. The number of aromatic hydroxyl groups is 1. The van der Waals surface area contributed by atoms with Crippen LogP contribution >= 0.6 is 11.8 Å². The molecule has 2 saturated carbocycles. The molecule has 1 spiro atoms. The molecule has 1 amide bonds. The number of halogens is 2. The number of amides is 1. The van der Waals surface area contributed by atoms with E-state index in [0.717, 1.165) is 18.8 Å². The van der Waals surface area contributed by atoms with Crippen LogP contribution in [0.1, 0.15) is 41.4 Å². The fourth-order valence-electron chi connectivity index (χ4n) is 6.10. The second-order valence-electron chi connectivity index (χ2n) is 9.50. The summed E-state index contributed by atoms with van der Waals surface area (Å²) in [6.45, 7) is 1.95. The van der Waals surface area contributed by atoms with Crippen LogP contribution in [0.4, 0.5) is 8.78 Å².